The van der Waals surface area contributed by atoms with Crippen LogP contribution in [0, 0.1) is 5.92 Å². The van der Waals surface area contributed by atoms with E-state index in [1.165, 1.54) is 4.90 Å². The van der Waals surface area contributed by atoms with Crippen molar-refractivity contribution in [2.24, 2.45) is 5.92 Å². The number of carboxylic acids is 1. The summed E-state index contributed by atoms with van der Waals surface area (Å²) >= 11 is 0. The number of likely N-dealkylation sites (tertiary alicyclic amines) is 1. The summed E-state index contributed by atoms with van der Waals surface area (Å²) in [6.07, 6.45) is -0.819. The minimum absolute atomic E-state index is 0.0583. The van der Waals surface area contributed by atoms with Crippen LogP contribution in [0.25, 0.3) is 11.1 Å². The lowest BCUT2D eigenvalue weighted by Gasteiger charge is -2.38. The summed E-state index contributed by atoms with van der Waals surface area (Å²) in [6, 6.07) is 15.8. The molecule has 2 atom stereocenters. The minimum atomic E-state index is -0.986. The predicted molar refractivity (Wildman–Crippen MR) is 130 cm³/mol. The smallest absolute Gasteiger partial charge is 0.410 e. The predicted octanol–water partition coefficient (Wildman–Crippen LogP) is 4.63. The molecule has 0 unspecified atom stereocenters. The zero-order valence-electron chi connectivity index (χ0n) is 20.3. The first kappa shape index (κ1) is 24.6. The highest BCUT2D eigenvalue weighted by molar-refractivity contribution is 5.79. The van der Waals surface area contributed by atoms with Crippen molar-refractivity contribution in [3.8, 4) is 11.1 Å². The molecule has 8 heteroatoms. The molecule has 0 aromatic heterocycles. The van der Waals surface area contributed by atoms with E-state index < -0.39 is 35.7 Å². The largest absolute Gasteiger partial charge is 0.481 e. The molecule has 4 rings (SSSR count). The number of fused-ring (bicyclic) bond motifs is 3. The van der Waals surface area contributed by atoms with Gasteiger partial charge in [0.25, 0.3) is 0 Å². The van der Waals surface area contributed by atoms with E-state index in [-0.39, 0.29) is 25.5 Å². The third-order valence-corrected chi connectivity index (χ3v) is 6.47. The molecular weight excluding hydrogens is 448 g/mol. The van der Waals surface area contributed by atoms with Gasteiger partial charge in [0.05, 0.1) is 6.42 Å². The van der Waals surface area contributed by atoms with Crippen molar-refractivity contribution >= 4 is 18.2 Å². The maximum Gasteiger partial charge on any atom is 0.410 e. The highest BCUT2D eigenvalue weighted by Crippen LogP contribution is 2.44. The number of rotatable bonds is 5. The van der Waals surface area contributed by atoms with Crippen LogP contribution in [0.4, 0.5) is 9.59 Å². The molecular formula is C27H32N2O6. The third kappa shape index (κ3) is 5.75. The first-order valence-electron chi connectivity index (χ1n) is 11.9. The van der Waals surface area contributed by atoms with Gasteiger partial charge in [-0.1, -0.05) is 48.5 Å². The van der Waals surface area contributed by atoms with E-state index in [0.717, 1.165) is 22.3 Å². The Morgan fingerprint density at radius 2 is 1.63 bits per heavy atom. The second-order valence-corrected chi connectivity index (χ2v) is 10.1. The summed E-state index contributed by atoms with van der Waals surface area (Å²) in [7, 11) is 0. The van der Waals surface area contributed by atoms with E-state index in [9.17, 15) is 19.5 Å². The first-order valence-corrected chi connectivity index (χ1v) is 11.9. The number of amides is 2. The lowest BCUT2D eigenvalue weighted by molar-refractivity contribution is -0.138. The molecule has 0 bridgehead atoms. The van der Waals surface area contributed by atoms with E-state index >= 15 is 0 Å². The van der Waals surface area contributed by atoms with Crippen LogP contribution < -0.4 is 5.32 Å². The molecule has 1 aliphatic carbocycles. The molecule has 1 saturated heterocycles. The van der Waals surface area contributed by atoms with Crippen LogP contribution in [-0.4, -0.2) is 59.5 Å². The average molecular weight is 481 g/mol. The van der Waals surface area contributed by atoms with Crippen LogP contribution in [0.2, 0.25) is 0 Å². The molecule has 0 saturated carbocycles. The van der Waals surface area contributed by atoms with E-state index in [4.69, 9.17) is 9.47 Å². The number of piperidine rings is 1. The highest BCUT2D eigenvalue weighted by atomic mass is 16.6. The number of carbonyl (C=O) groups is 3. The van der Waals surface area contributed by atoms with Gasteiger partial charge in [0.15, 0.2) is 0 Å². The van der Waals surface area contributed by atoms with Crippen molar-refractivity contribution < 1.29 is 29.0 Å². The Morgan fingerprint density at radius 1 is 1.03 bits per heavy atom. The minimum Gasteiger partial charge on any atom is -0.481 e. The van der Waals surface area contributed by atoms with Crippen LogP contribution in [0.1, 0.15) is 50.7 Å². The monoisotopic (exact) mass is 480 g/mol. The van der Waals surface area contributed by atoms with Gasteiger partial charge >= 0.3 is 18.2 Å². The second kappa shape index (κ2) is 9.98. The molecule has 2 aromatic rings. The lowest BCUT2D eigenvalue weighted by atomic mass is 9.89. The Bertz CT molecular complexity index is 1060. The molecule has 0 spiro atoms. The van der Waals surface area contributed by atoms with Crippen molar-refractivity contribution in [3.05, 3.63) is 59.7 Å². The van der Waals surface area contributed by atoms with Gasteiger partial charge in [0.1, 0.15) is 12.2 Å². The number of carbonyl (C=O) groups excluding carboxylic acids is 2. The molecule has 186 valence electrons. The Labute approximate surface area is 205 Å². The Balaban J connectivity index is 1.38. The van der Waals surface area contributed by atoms with E-state index in [1.54, 1.807) is 20.8 Å². The van der Waals surface area contributed by atoms with E-state index in [0.29, 0.717) is 13.0 Å². The van der Waals surface area contributed by atoms with Gasteiger partial charge in [-0.15, -0.1) is 0 Å². The van der Waals surface area contributed by atoms with Crippen molar-refractivity contribution in [2.45, 2.75) is 51.2 Å². The molecule has 1 heterocycles. The van der Waals surface area contributed by atoms with Gasteiger partial charge in [-0.2, -0.15) is 0 Å². The van der Waals surface area contributed by atoms with Gasteiger partial charge in [-0.25, -0.2) is 9.59 Å². The maximum absolute atomic E-state index is 12.7. The Morgan fingerprint density at radius 3 is 2.20 bits per heavy atom. The number of carboxylic acid groups (broad SMARTS) is 1. The van der Waals surface area contributed by atoms with Gasteiger partial charge in [0, 0.05) is 31.0 Å². The normalized spacial score (nSPS) is 19.5. The molecule has 2 aliphatic rings. The summed E-state index contributed by atoms with van der Waals surface area (Å²) in [5.41, 5.74) is 3.89. The average Bonchev–Trinajstić information content (AvgIpc) is 3.11. The Kier molecular flexibility index (Phi) is 7.00. The molecule has 1 aliphatic heterocycles. The molecule has 35 heavy (non-hydrogen) atoms. The molecule has 0 radical (unpaired) electrons. The highest BCUT2D eigenvalue weighted by Gasteiger charge is 2.36. The van der Waals surface area contributed by atoms with Crippen LogP contribution in [0.15, 0.2) is 48.5 Å². The topological polar surface area (TPSA) is 105 Å². The summed E-state index contributed by atoms with van der Waals surface area (Å²) < 4.78 is 11.1. The SMILES string of the molecule is CC(C)(C)OC(=O)N1CC[C@H](NC(=O)OCC2c3ccccc3-c3ccccc32)[C@@H](CC(=O)O)C1. The van der Waals surface area contributed by atoms with Gasteiger partial charge < -0.3 is 24.8 Å². The van der Waals surface area contributed by atoms with Crippen molar-refractivity contribution in [3.63, 3.8) is 0 Å². The van der Waals surface area contributed by atoms with Gasteiger partial charge in [-0.3, -0.25) is 4.79 Å². The zero-order chi connectivity index (χ0) is 25.2. The maximum atomic E-state index is 12.7. The van der Waals surface area contributed by atoms with Crippen LogP contribution in [0.5, 0.6) is 0 Å². The number of benzene rings is 2. The fraction of sp³-hybridized carbons (Fsp3) is 0.444. The summed E-state index contributed by atoms with van der Waals surface area (Å²) in [4.78, 5) is 38.2. The van der Waals surface area contributed by atoms with Crippen molar-refractivity contribution in [2.75, 3.05) is 19.7 Å². The molecule has 1 fully saturated rings. The summed E-state index contributed by atoms with van der Waals surface area (Å²) in [6.45, 7) is 6.08. The number of nitrogens with zero attached hydrogens (tertiary/aromatic N) is 1. The number of hydrogen-bond acceptors (Lipinski definition) is 5. The zero-order valence-corrected chi connectivity index (χ0v) is 20.3. The first-order chi connectivity index (χ1) is 16.6. The molecule has 2 N–H and O–H groups in total. The number of aliphatic carboxylic acids is 1. The second-order valence-electron chi connectivity index (χ2n) is 10.1. The standard InChI is InChI=1S/C27H32N2O6/c1-27(2,3)35-26(33)29-13-12-23(17(15-29)14-24(30)31)28-25(32)34-16-22-20-10-6-4-8-18(20)19-9-5-7-11-21(19)22/h4-11,17,22-23H,12-16H2,1-3H3,(H,28,32)(H,30,31)/t17-,23-/m0/s1. The van der Waals surface area contributed by atoms with E-state index in [1.807, 2.05) is 24.3 Å². The fourth-order valence-electron chi connectivity index (χ4n) is 4.94. The summed E-state index contributed by atoms with van der Waals surface area (Å²) in [5.74, 6) is -1.49. The quantitative estimate of drug-likeness (QED) is 0.647. The molecule has 2 amide bonds. The van der Waals surface area contributed by atoms with Gasteiger partial charge in [-0.05, 0) is 49.4 Å². The van der Waals surface area contributed by atoms with Crippen LogP contribution >= 0.6 is 0 Å². The Hall–Kier alpha value is -3.55. The number of hydrogen-bond donors (Lipinski definition) is 2. The van der Waals surface area contributed by atoms with Crippen LogP contribution in [0.3, 0.4) is 0 Å². The van der Waals surface area contributed by atoms with Gasteiger partial charge in [0.2, 0.25) is 0 Å². The van der Waals surface area contributed by atoms with Crippen molar-refractivity contribution in [1.82, 2.24) is 10.2 Å². The lowest BCUT2D eigenvalue weighted by Crippen LogP contribution is -2.53. The number of ether oxygens (including phenoxy) is 2. The van der Waals surface area contributed by atoms with Crippen molar-refractivity contribution in [1.29, 1.82) is 0 Å². The van der Waals surface area contributed by atoms with E-state index in [2.05, 4.69) is 29.6 Å². The fourth-order valence-corrected chi connectivity index (χ4v) is 4.94. The number of alkyl carbamates (subject to hydrolysis) is 1. The molecule has 8 nitrogen and oxygen atoms in total. The number of nitrogens with one attached hydrogen (secondary N) is 1. The third-order valence-electron chi connectivity index (χ3n) is 6.47. The van der Waals surface area contributed by atoms with Crippen LogP contribution in [-0.2, 0) is 14.3 Å². The molecule has 2 aromatic carbocycles. The summed E-state index contributed by atoms with van der Waals surface area (Å²) in [5, 5.41) is 12.2.